The monoisotopic (exact) mass is 360 g/mol. The fourth-order valence-electron chi connectivity index (χ4n) is 2.10. The lowest BCUT2D eigenvalue weighted by atomic mass is 10.2. The number of carbonyl (C=O) groups excluding carboxylic acids is 1. The molecule has 0 aliphatic heterocycles. The van der Waals surface area contributed by atoms with Gasteiger partial charge in [0.25, 0.3) is 5.91 Å². The van der Waals surface area contributed by atoms with Gasteiger partial charge >= 0.3 is 0 Å². The zero-order chi connectivity index (χ0) is 17.1. The van der Waals surface area contributed by atoms with Crippen LogP contribution in [0.1, 0.15) is 33.1 Å². The number of carbonyl (C=O) groups is 1. The van der Waals surface area contributed by atoms with E-state index in [-0.39, 0.29) is 5.91 Å². The van der Waals surface area contributed by atoms with Crippen LogP contribution in [0.4, 0.5) is 5.13 Å². The summed E-state index contributed by atoms with van der Waals surface area (Å²) in [5, 5.41) is 9.92. The van der Waals surface area contributed by atoms with E-state index >= 15 is 0 Å². The molecule has 3 rings (SSSR count). The van der Waals surface area contributed by atoms with Crippen LogP contribution >= 0.6 is 23.1 Å². The first-order valence-electron chi connectivity index (χ1n) is 7.27. The van der Waals surface area contributed by atoms with E-state index in [1.54, 1.807) is 18.3 Å². The first-order chi connectivity index (χ1) is 11.5. The van der Waals surface area contributed by atoms with Gasteiger partial charge in [-0.05, 0) is 32.9 Å². The van der Waals surface area contributed by atoms with Gasteiger partial charge in [-0.2, -0.15) is 0 Å². The second-order valence-electron chi connectivity index (χ2n) is 5.20. The number of thiazole rings is 1. The van der Waals surface area contributed by atoms with Gasteiger partial charge in [-0.25, -0.2) is 9.97 Å². The van der Waals surface area contributed by atoms with Gasteiger partial charge < -0.3 is 4.52 Å². The number of hydrogen-bond acceptors (Lipinski definition) is 7. The minimum Gasteiger partial charge on any atom is -0.361 e. The standard InChI is InChI=1S/C16H16N4O2S2/c1-9-7-24-16(18-9)19-14(21)12-5-4-6-17-15(12)23-8-13-10(2)20-22-11(13)3/h4-7H,8H2,1-3H3,(H,18,19,21). The molecule has 0 radical (unpaired) electrons. The van der Waals surface area contributed by atoms with Crippen molar-refractivity contribution in [2.24, 2.45) is 0 Å². The van der Waals surface area contributed by atoms with Crippen LogP contribution in [0.15, 0.2) is 33.3 Å². The van der Waals surface area contributed by atoms with Crippen molar-refractivity contribution < 1.29 is 9.32 Å². The molecule has 24 heavy (non-hydrogen) atoms. The molecule has 0 aliphatic rings. The van der Waals surface area contributed by atoms with Crippen LogP contribution in [0.2, 0.25) is 0 Å². The number of aryl methyl sites for hydroxylation is 3. The molecule has 0 bridgehead atoms. The molecule has 8 heteroatoms. The van der Waals surface area contributed by atoms with E-state index < -0.39 is 0 Å². The van der Waals surface area contributed by atoms with Crippen LogP contribution in [0.5, 0.6) is 0 Å². The summed E-state index contributed by atoms with van der Waals surface area (Å²) in [6.07, 6.45) is 1.68. The van der Waals surface area contributed by atoms with E-state index in [9.17, 15) is 4.79 Å². The Balaban J connectivity index is 1.76. The fraction of sp³-hybridized carbons (Fsp3) is 0.250. The summed E-state index contributed by atoms with van der Waals surface area (Å²) in [5.41, 5.74) is 3.31. The predicted molar refractivity (Wildman–Crippen MR) is 94.6 cm³/mol. The zero-order valence-electron chi connectivity index (χ0n) is 13.5. The van der Waals surface area contributed by atoms with Gasteiger partial charge in [-0.3, -0.25) is 10.1 Å². The van der Waals surface area contributed by atoms with Gasteiger partial charge in [0.15, 0.2) is 5.13 Å². The maximum absolute atomic E-state index is 12.5. The Morgan fingerprint density at radius 2 is 2.21 bits per heavy atom. The molecule has 0 aromatic carbocycles. The van der Waals surface area contributed by atoms with Gasteiger partial charge in [-0.15, -0.1) is 23.1 Å². The molecule has 0 spiro atoms. The second-order valence-corrected chi connectivity index (χ2v) is 7.02. The number of rotatable bonds is 5. The number of thioether (sulfide) groups is 1. The first kappa shape index (κ1) is 16.7. The summed E-state index contributed by atoms with van der Waals surface area (Å²) >= 11 is 2.89. The van der Waals surface area contributed by atoms with Crippen molar-refractivity contribution >= 4 is 34.1 Å². The highest BCUT2D eigenvalue weighted by molar-refractivity contribution is 7.98. The highest BCUT2D eigenvalue weighted by Crippen LogP contribution is 2.27. The Kier molecular flexibility index (Phi) is 4.96. The molecule has 6 nitrogen and oxygen atoms in total. The molecule has 3 heterocycles. The molecule has 0 aliphatic carbocycles. The second kappa shape index (κ2) is 7.14. The third kappa shape index (κ3) is 3.65. The van der Waals surface area contributed by atoms with Crippen molar-refractivity contribution in [1.82, 2.24) is 15.1 Å². The number of pyridine rings is 1. The van der Waals surface area contributed by atoms with Crippen molar-refractivity contribution in [2.75, 3.05) is 5.32 Å². The Labute approximate surface area is 147 Å². The van der Waals surface area contributed by atoms with Crippen LogP contribution < -0.4 is 5.32 Å². The Morgan fingerprint density at radius 1 is 1.38 bits per heavy atom. The molecule has 0 unspecified atom stereocenters. The topological polar surface area (TPSA) is 80.9 Å². The SMILES string of the molecule is Cc1csc(NC(=O)c2cccnc2SCc2c(C)noc2C)n1. The number of aromatic nitrogens is 3. The van der Waals surface area contributed by atoms with E-state index in [1.807, 2.05) is 26.2 Å². The number of nitrogens with zero attached hydrogens (tertiary/aromatic N) is 3. The highest BCUT2D eigenvalue weighted by atomic mass is 32.2. The molecule has 1 amide bonds. The fourth-order valence-corrected chi connectivity index (χ4v) is 3.93. The van der Waals surface area contributed by atoms with Crippen LogP contribution in [-0.4, -0.2) is 21.0 Å². The average Bonchev–Trinajstić information content (AvgIpc) is 3.11. The molecular formula is C16H16N4O2S2. The van der Waals surface area contributed by atoms with Gasteiger partial charge in [0.05, 0.1) is 17.0 Å². The van der Waals surface area contributed by atoms with Crippen molar-refractivity contribution in [3.8, 4) is 0 Å². The smallest absolute Gasteiger partial charge is 0.260 e. The molecule has 0 saturated carbocycles. The van der Waals surface area contributed by atoms with Crippen LogP contribution in [0.25, 0.3) is 0 Å². The Morgan fingerprint density at radius 3 is 2.88 bits per heavy atom. The Hall–Kier alpha value is -2.19. The van der Waals surface area contributed by atoms with Gasteiger partial charge in [-0.1, -0.05) is 5.16 Å². The van der Waals surface area contributed by atoms with Crippen LogP contribution in [0, 0.1) is 20.8 Å². The molecule has 1 N–H and O–H groups in total. The largest absolute Gasteiger partial charge is 0.361 e. The predicted octanol–water partition coefficient (Wildman–Crippen LogP) is 4.00. The van der Waals surface area contributed by atoms with Gasteiger partial charge in [0.2, 0.25) is 0 Å². The zero-order valence-corrected chi connectivity index (χ0v) is 15.1. The number of nitrogens with one attached hydrogen (secondary N) is 1. The summed E-state index contributed by atoms with van der Waals surface area (Å²) in [6.45, 7) is 5.68. The van der Waals surface area contributed by atoms with Crippen molar-refractivity contribution in [2.45, 2.75) is 31.6 Å². The molecular weight excluding hydrogens is 344 g/mol. The highest BCUT2D eigenvalue weighted by Gasteiger charge is 2.16. The molecule has 0 fully saturated rings. The quantitative estimate of drug-likeness (QED) is 0.693. The molecule has 3 aromatic heterocycles. The van der Waals surface area contributed by atoms with E-state index in [0.717, 1.165) is 22.7 Å². The number of anilines is 1. The maximum atomic E-state index is 12.5. The summed E-state index contributed by atoms with van der Waals surface area (Å²) < 4.78 is 5.17. The molecule has 124 valence electrons. The minimum absolute atomic E-state index is 0.210. The molecule has 0 saturated heterocycles. The van der Waals surface area contributed by atoms with E-state index in [2.05, 4.69) is 20.4 Å². The lowest BCUT2D eigenvalue weighted by Crippen LogP contribution is -2.13. The van der Waals surface area contributed by atoms with E-state index in [1.165, 1.54) is 23.1 Å². The normalized spacial score (nSPS) is 10.8. The summed E-state index contributed by atoms with van der Waals surface area (Å²) in [5.74, 6) is 1.23. The van der Waals surface area contributed by atoms with E-state index in [0.29, 0.717) is 21.5 Å². The number of amides is 1. The summed E-state index contributed by atoms with van der Waals surface area (Å²) in [6, 6.07) is 3.51. The van der Waals surface area contributed by atoms with Crippen molar-refractivity contribution in [3.63, 3.8) is 0 Å². The lowest BCUT2D eigenvalue weighted by Gasteiger charge is -2.07. The third-order valence-electron chi connectivity index (χ3n) is 3.39. The van der Waals surface area contributed by atoms with E-state index in [4.69, 9.17) is 4.52 Å². The maximum Gasteiger partial charge on any atom is 0.260 e. The van der Waals surface area contributed by atoms with Gasteiger partial charge in [0.1, 0.15) is 10.8 Å². The third-order valence-corrected chi connectivity index (χ3v) is 5.30. The summed E-state index contributed by atoms with van der Waals surface area (Å²) in [7, 11) is 0. The molecule has 3 aromatic rings. The Bertz CT molecular complexity index is 853. The molecule has 0 atom stereocenters. The lowest BCUT2D eigenvalue weighted by molar-refractivity contribution is 0.102. The minimum atomic E-state index is -0.210. The number of hydrogen-bond donors (Lipinski definition) is 1. The first-order valence-corrected chi connectivity index (χ1v) is 9.14. The average molecular weight is 360 g/mol. The van der Waals surface area contributed by atoms with Gasteiger partial charge in [0, 0.05) is 22.9 Å². The van der Waals surface area contributed by atoms with Crippen LogP contribution in [0.3, 0.4) is 0 Å². The van der Waals surface area contributed by atoms with Crippen molar-refractivity contribution in [1.29, 1.82) is 0 Å². The van der Waals surface area contributed by atoms with Crippen molar-refractivity contribution in [3.05, 3.63) is 52.0 Å². The van der Waals surface area contributed by atoms with Crippen LogP contribution in [-0.2, 0) is 5.75 Å². The summed E-state index contributed by atoms with van der Waals surface area (Å²) in [4.78, 5) is 21.1.